The summed E-state index contributed by atoms with van der Waals surface area (Å²) < 4.78 is 9.88. The van der Waals surface area contributed by atoms with Crippen molar-refractivity contribution in [3.8, 4) is 0 Å². The van der Waals surface area contributed by atoms with Gasteiger partial charge < -0.3 is 9.47 Å². The van der Waals surface area contributed by atoms with Gasteiger partial charge in [0.15, 0.2) is 0 Å². The molecule has 0 aromatic rings. The van der Waals surface area contributed by atoms with Crippen LogP contribution < -0.4 is 0 Å². The van der Waals surface area contributed by atoms with E-state index in [4.69, 9.17) is 9.47 Å². The van der Waals surface area contributed by atoms with Crippen LogP contribution in [0.2, 0.25) is 0 Å². The normalized spacial score (nSPS) is 19.8. The Hall–Kier alpha value is -0.220. The van der Waals surface area contributed by atoms with Gasteiger partial charge in [-0.05, 0) is 13.8 Å². The van der Waals surface area contributed by atoms with Crippen molar-refractivity contribution in [3.63, 3.8) is 0 Å². The minimum atomic E-state index is -0.116. The van der Waals surface area contributed by atoms with E-state index in [1.165, 1.54) is 0 Å². The van der Waals surface area contributed by atoms with Gasteiger partial charge in [0.2, 0.25) is 0 Å². The fourth-order valence-electron chi connectivity index (χ4n) is 0.896. The molecule has 1 rings (SSSR count). The molecule has 0 bridgehead atoms. The number of carbonyl (C=O) groups is 1. The summed E-state index contributed by atoms with van der Waals surface area (Å²) >= 11 is 1.63. The first kappa shape index (κ1) is 9.86. The highest BCUT2D eigenvalue weighted by atomic mass is 32.2. The summed E-state index contributed by atoms with van der Waals surface area (Å²) in [5.41, 5.74) is 0. The third-order valence-corrected chi connectivity index (χ3v) is 2.88. The molecule has 70 valence electrons. The summed E-state index contributed by atoms with van der Waals surface area (Å²) in [6, 6.07) is 0. The lowest BCUT2D eigenvalue weighted by Crippen LogP contribution is -2.33. The fraction of sp³-hybridized carbons (Fsp3) is 0.875. The second-order valence-corrected chi connectivity index (χ2v) is 4.34. The predicted molar refractivity (Wildman–Crippen MR) is 48.3 cm³/mol. The number of hydrogen-bond donors (Lipinski definition) is 0. The number of carbonyl (C=O) groups excluding carboxylic acids is 1. The molecule has 1 fully saturated rings. The van der Waals surface area contributed by atoms with E-state index >= 15 is 0 Å². The molecule has 1 aliphatic rings. The van der Waals surface area contributed by atoms with E-state index in [1.807, 2.05) is 13.8 Å². The summed E-state index contributed by atoms with van der Waals surface area (Å²) in [5.74, 6) is -0.116. The largest absolute Gasteiger partial charge is 0.465 e. The van der Waals surface area contributed by atoms with Gasteiger partial charge in [0.25, 0.3) is 0 Å². The van der Waals surface area contributed by atoms with Crippen LogP contribution in [0.1, 0.15) is 13.8 Å². The molecule has 0 aromatic carbocycles. The summed E-state index contributed by atoms with van der Waals surface area (Å²) in [7, 11) is 0. The number of thioether (sulfide) groups is 1. The molecule has 0 N–H and O–H groups in total. The zero-order valence-electron chi connectivity index (χ0n) is 7.41. The van der Waals surface area contributed by atoms with E-state index in [-0.39, 0.29) is 11.2 Å². The van der Waals surface area contributed by atoms with Crippen molar-refractivity contribution in [1.82, 2.24) is 0 Å². The first-order valence-electron chi connectivity index (χ1n) is 4.14. The second-order valence-electron chi connectivity index (χ2n) is 2.69. The van der Waals surface area contributed by atoms with Gasteiger partial charge in [-0.1, -0.05) is 0 Å². The number of hydrogen-bond acceptors (Lipinski definition) is 4. The third-order valence-electron chi connectivity index (χ3n) is 1.62. The van der Waals surface area contributed by atoms with Crippen molar-refractivity contribution in [2.24, 2.45) is 0 Å². The van der Waals surface area contributed by atoms with E-state index in [0.29, 0.717) is 11.9 Å². The topological polar surface area (TPSA) is 35.5 Å². The van der Waals surface area contributed by atoms with Gasteiger partial charge in [-0.25, -0.2) is 0 Å². The van der Waals surface area contributed by atoms with Crippen LogP contribution >= 0.6 is 11.8 Å². The SMILES string of the molecule is CCOC(=O)C(C)SC1COC1. The van der Waals surface area contributed by atoms with Crippen molar-refractivity contribution in [2.75, 3.05) is 19.8 Å². The molecule has 0 aromatic heterocycles. The lowest BCUT2D eigenvalue weighted by molar-refractivity contribution is -0.142. The van der Waals surface area contributed by atoms with Crippen LogP contribution in [0.4, 0.5) is 0 Å². The van der Waals surface area contributed by atoms with E-state index in [2.05, 4.69) is 0 Å². The molecule has 4 heteroatoms. The Bertz CT molecular complexity index is 156. The van der Waals surface area contributed by atoms with Crippen LogP contribution in [0.15, 0.2) is 0 Å². The van der Waals surface area contributed by atoms with E-state index in [9.17, 15) is 4.79 Å². The fourth-order valence-corrected chi connectivity index (χ4v) is 2.00. The summed E-state index contributed by atoms with van der Waals surface area (Å²) in [4.78, 5) is 11.1. The van der Waals surface area contributed by atoms with Crippen LogP contribution in [-0.4, -0.2) is 36.3 Å². The van der Waals surface area contributed by atoms with Crippen LogP contribution in [0.5, 0.6) is 0 Å². The first-order valence-corrected chi connectivity index (χ1v) is 5.08. The molecule has 3 nitrogen and oxygen atoms in total. The van der Waals surface area contributed by atoms with E-state index in [1.54, 1.807) is 11.8 Å². The first-order chi connectivity index (χ1) is 5.74. The van der Waals surface area contributed by atoms with Crippen LogP contribution in [0.25, 0.3) is 0 Å². The number of rotatable bonds is 4. The molecule has 1 aliphatic heterocycles. The smallest absolute Gasteiger partial charge is 0.318 e. The van der Waals surface area contributed by atoms with Crippen molar-refractivity contribution in [3.05, 3.63) is 0 Å². The molecule has 12 heavy (non-hydrogen) atoms. The average molecular weight is 190 g/mol. The van der Waals surface area contributed by atoms with Crippen molar-refractivity contribution in [1.29, 1.82) is 0 Å². The zero-order valence-corrected chi connectivity index (χ0v) is 8.23. The van der Waals surface area contributed by atoms with Crippen LogP contribution in [0, 0.1) is 0 Å². The molecule has 1 unspecified atom stereocenters. The minimum Gasteiger partial charge on any atom is -0.465 e. The minimum absolute atomic E-state index is 0.0566. The maximum Gasteiger partial charge on any atom is 0.318 e. The standard InChI is InChI=1S/C8H14O3S/c1-3-11-8(9)6(2)12-7-4-10-5-7/h6-7H,3-5H2,1-2H3. The summed E-state index contributed by atoms with van der Waals surface area (Å²) in [5, 5.41) is 0.434. The highest BCUT2D eigenvalue weighted by Gasteiger charge is 2.25. The van der Waals surface area contributed by atoms with E-state index < -0.39 is 0 Å². The molecule has 1 heterocycles. The van der Waals surface area contributed by atoms with Gasteiger partial charge in [-0.15, -0.1) is 11.8 Å². The zero-order chi connectivity index (χ0) is 8.97. The summed E-state index contributed by atoms with van der Waals surface area (Å²) in [6.07, 6.45) is 0. The van der Waals surface area contributed by atoms with Crippen molar-refractivity contribution >= 4 is 17.7 Å². The summed E-state index contributed by atoms with van der Waals surface area (Å²) in [6.45, 7) is 5.70. The molecule has 1 atom stereocenters. The van der Waals surface area contributed by atoms with Gasteiger partial charge in [-0.3, -0.25) is 4.79 Å². The Labute approximate surface area is 76.8 Å². The Morgan fingerprint density at radius 2 is 2.42 bits per heavy atom. The molecule has 0 aliphatic carbocycles. The quantitative estimate of drug-likeness (QED) is 0.621. The van der Waals surface area contributed by atoms with Gasteiger partial charge in [-0.2, -0.15) is 0 Å². The van der Waals surface area contributed by atoms with Crippen LogP contribution in [-0.2, 0) is 14.3 Å². The molecule has 1 saturated heterocycles. The monoisotopic (exact) mass is 190 g/mol. The predicted octanol–water partition coefficient (Wildman–Crippen LogP) is 1.07. The second kappa shape index (κ2) is 4.72. The van der Waals surface area contributed by atoms with Crippen molar-refractivity contribution < 1.29 is 14.3 Å². The lowest BCUT2D eigenvalue weighted by atomic mass is 10.4. The van der Waals surface area contributed by atoms with Crippen LogP contribution in [0.3, 0.4) is 0 Å². The Balaban J connectivity index is 2.16. The highest BCUT2D eigenvalue weighted by Crippen LogP contribution is 2.24. The highest BCUT2D eigenvalue weighted by molar-refractivity contribution is 8.01. The molecular weight excluding hydrogens is 176 g/mol. The molecule has 0 saturated carbocycles. The Morgan fingerprint density at radius 1 is 1.75 bits per heavy atom. The van der Waals surface area contributed by atoms with Gasteiger partial charge >= 0.3 is 5.97 Å². The molecule has 0 spiro atoms. The number of esters is 1. The maximum absolute atomic E-state index is 11.1. The van der Waals surface area contributed by atoms with E-state index in [0.717, 1.165) is 13.2 Å². The molecule has 0 radical (unpaired) electrons. The van der Waals surface area contributed by atoms with Gasteiger partial charge in [0.1, 0.15) is 5.25 Å². The Morgan fingerprint density at radius 3 is 2.83 bits per heavy atom. The van der Waals surface area contributed by atoms with Gasteiger partial charge in [0, 0.05) is 0 Å². The molecule has 0 amide bonds. The van der Waals surface area contributed by atoms with Gasteiger partial charge in [0.05, 0.1) is 25.1 Å². The lowest BCUT2D eigenvalue weighted by Gasteiger charge is -2.27. The number of ether oxygens (including phenoxy) is 2. The molecular formula is C8H14O3S. The Kier molecular flexibility index (Phi) is 3.88. The maximum atomic E-state index is 11.1. The average Bonchev–Trinajstić information content (AvgIpc) is 1.97. The van der Waals surface area contributed by atoms with Crippen molar-refractivity contribution in [2.45, 2.75) is 24.3 Å². The third kappa shape index (κ3) is 2.68.